The zero-order valence-electron chi connectivity index (χ0n) is 10.2. The van der Waals surface area contributed by atoms with E-state index in [9.17, 15) is 4.79 Å². The highest BCUT2D eigenvalue weighted by Crippen LogP contribution is 2.30. The minimum absolute atomic E-state index is 0.258. The molecule has 0 N–H and O–H groups in total. The second kappa shape index (κ2) is 5.81. The van der Waals surface area contributed by atoms with E-state index in [0.717, 1.165) is 18.4 Å². The van der Waals surface area contributed by atoms with Gasteiger partial charge in [-0.05, 0) is 37.5 Å². The Morgan fingerprint density at radius 3 is 2.67 bits per heavy atom. The maximum atomic E-state index is 11.8. The van der Waals surface area contributed by atoms with Crippen LogP contribution in [-0.4, -0.2) is 23.6 Å². The summed E-state index contributed by atoms with van der Waals surface area (Å²) in [5, 5.41) is 1.03. The van der Waals surface area contributed by atoms with Gasteiger partial charge < -0.3 is 9.64 Å². The van der Waals surface area contributed by atoms with Crippen molar-refractivity contribution >= 4 is 29.3 Å². The first-order valence-corrected chi connectivity index (χ1v) is 6.74. The standard InChI is InChI=1S/C13H15Cl2NO2/c1-2-18-13(17)16(10-4-5-10)8-9-3-6-11(14)12(15)7-9/h3,6-7,10H,2,4-5,8H2,1H3. The van der Waals surface area contributed by atoms with Crippen LogP contribution in [0.1, 0.15) is 25.3 Å². The fourth-order valence-electron chi connectivity index (χ4n) is 1.77. The number of nitrogens with zero attached hydrogens (tertiary/aromatic N) is 1. The predicted octanol–water partition coefficient (Wildman–Crippen LogP) is 4.11. The molecule has 2 rings (SSSR count). The third kappa shape index (κ3) is 3.30. The van der Waals surface area contributed by atoms with E-state index in [1.54, 1.807) is 17.0 Å². The summed E-state index contributed by atoms with van der Waals surface area (Å²) in [6.07, 6.45) is 1.83. The van der Waals surface area contributed by atoms with Gasteiger partial charge in [-0.3, -0.25) is 0 Å². The van der Waals surface area contributed by atoms with Crippen molar-refractivity contribution < 1.29 is 9.53 Å². The Bertz CT molecular complexity index is 447. The summed E-state index contributed by atoms with van der Waals surface area (Å²) < 4.78 is 5.06. The van der Waals surface area contributed by atoms with E-state index in [1.165, 1.54) is 0 Å². The molecule has 0 aromatic heterocycles. The average molecular weight is 288 g/mol. The molecule has 1 aromatic rings. The Morgan fingerprint density at radius 1 is 1.39 bits per heavy atom. The third-order valence-corrected chi connectivity index (χ3v) is 3.57. The van der Waals surface area contributed by atoms with Gasteiger partial charge in [0.25, 0.3) is 0 Å². The highest BCUT2D eigenvalue weighted by atomic mass is 35.5. The number of hydrogen-bond donors (Lipinski definition) is 0. The number of carbonyl (C=O) groups excluding carboxylic acids is 1. The van der Waals surface area contributed by atoms with Crippen molar-refractivity contribution in [3.63, 3.8) is 0 Å². The number of rotatable bonds is 4. The molecule has 0 spiro atoms. The number of carbonyl (C=O) groups is 1. The SMILES string of the molecule is CCOC(=O)N(Cc1ccc(Cl)c(Cl)c1)C1CC1. The van der Waals surface area contributed by atoms with Crippen LogP contribution < -0.4 is 0 Å². The third-order valence-electron chi connectivity index (χ3n) is 2.83. The molecule has 3 nitrogen and oxygen atoms in total. The molecule has 98 valence electrons. The Labute approximate surface area is 117 Å². The molecule has 1 aliphatic rings. The average Bonchev–Trinajstić information content (AvgIpc) is 3.15. The second-order valence-corrected chi connectivity index (χ2v) is 5.12. The normalized spacial score (nSPS) is 14.4. The lowest BCUT2D eigenvalue weighted by Crippen LogP contribution is -2.33. The molecule has 18 heavy (non-hydrogen) atoms. The van der Waals surface area contributed by atoms with Gasteiger partial charge in [-0.15, -0.1) is 0 Å². The smallest absolute Gasteiger partial charge is 0.410 e. The molecule has 0 aliphatic heterocycles. The quantitative estimate of drug-likeness (QED) is 0.834. The molecule has 0 radical (unpaired) electrons. The zero-order chi connectivity index (χ0) is 13.1. The molecular weight excluding hydrogens is 273 g/mol. The summed E-state index contributed by atoms with van der Waals surface area (Å²) >= 11 is 11.8. The fraction of sp³-hybridized carbons (Fsp3) is 0.462. The van der Waals surface area contributed by atoms with E-state index < -0.39 is 0 Å². The first kappa shape index (κ1) is 13.5. The number of benzene rings is 1. The van der Waals surface area contributed by atoms with E-state index in [-0.39, 0.29) is 6.09 Å². The largest absolute Gasteiger partial charge is 0.450 e. The number of ether oxygens (including phenoxy) is 1. The Morgan fingerprint density at radius 2 is 2.11 bits per heavy atom. The van der Waals surface area contributed by atoms with E-state index in [1.807, 2.05) is 13.0 Å². The Balaban J connectivity index is 2.08. The summed E-state index contributed by atoms with van der Waals surface area (Å²) in [5.74, 6) is 0. The first-order valence-electron chi connectivity index (χ1n) is 5.99. The molecular formula is C13H15Cl2NO2. The van der Waals surface area contributed by atoms with Gasteiger partial charge in [-0.25, -0.2) is 4.79 Å². The maximum Gasteiger partial charge on any atom is 0.410 e. The lowest BCUT2D eigenvalue weighted by molar-refractivity contribution is 0.102. The Hall–Kier alpha value is -0.930. The molecule has 0 atom stereocenters. The van der Waals surface area contributed by atoms with E-state index in [2.05, 4.69) is 0 Å². The molecule has 0 heterocycles. The van der Waals surface area contributed by atoms with Gasteiger partial charge in [0.15, 0.2) is 0 Å². The van der Waals surface area contributed by atoms with Crippen LogP contribution in [0, 0.1) is 0 Å². The minimum Gasteiger partial charge on any atom is -0.450 e. The lowest BCUT2D eigenvalue weighted by Gasteiger charge is -2.21. The molecule has 0 unspecified atom stereocenters. The first-order chi connectivity index (χ1) is 8.61. The topological polar surface area (TPSA) is 29.5 Å². The van der Waals surface area contributed by atoms with Gasteiger partial charge in [-0.2, -0.15) is 0 Å². The molecule has 0 saturated heterocycles. The summed E-state index contributed by atoms with van der Waals surface area (Å²) in [7, 11) is 0. The molecule has 1 amide bonds. The highest BCUT2D eigenvalue weighted by molar-refractivity contribution is 6.42. The van der Waals surface area contributed by atoms with E-state index in [0.29, 0.717) is 29.2 Å². The van der Waals surface area contributed by atoms with Gasteiger partial charge in [0.05, 0.1) is 16.7 Å². The van der Waals surface area contributed by atoms with E-state index in [4.69, 9.17) is 27.9 Å². The van der Waals surface area contributed by atoms with Crippen LogP contribution >= 0.6 is 23.2 Å². The molecule has 1 fully saturated rings. The van der Waals surface area contributed by atoms with Crippen molar-refractivity contribution in [3.05, 3.63) is 33.8 Å². The monoisotopic (exact) mass is 287 g/mol. The summed E-state index contributed by atoms with van der Waals surface area (Å²) in [4.78, 5) is 13.6. The Kier molecular flexibility index (Phi) is 4.36. The van der Waals surface area contributed by atoms with Crippen molar-refractivity contribution in [2.24, 2.45) is 0 Å². The van der Waals surface area contributed by atoms with Crippen LogP contribution in [0.4, 0.5) is 4.79 Å². The molecule has 1 aromatic carbocycles. The lowest BCUT2D eigenvalue weighted by atomic mass is 10.2. The van der Waals surface area contributed by atoms with Gasteiger partial charge in [0, 0.05) is 12.6 Å². The van der Waals surface area contributed by atoms with Gasteiger partial charge in [0.1, 0.15) is 0 Å². The highest BCUT2D eigenvalue weighted by Gasteiger charge is 2.33. The minimum atomic E-state index is -0.258. The predicted molar refractivity (Wildman–Crippen MR) is 72.0 cm³/mol. The summed E-state index contributed by atoms with van der Waals surface area (Å²) in [6.45, 7) is 2.71. The van der Waals surface area contributed by atoms with Crippen LogP contribution in [0.3, 0.4) is 0 Å². The van der Waals surface area contributed by atoms with Gasteiger partial charge in [0.2, 0.25) is 0 Å². The summed E-state index contributed by atoms with van der Waals surface area (Å²) in [6, 6.07) is 5.72. The van der Waals surface area contributed by atoms with Crippen LogP contribution in [-0.2, 0) is 11.3 Å². The second-order valence-electron chi connectivity index (χ2n) is 4.31. The molecule has 1 saturated carbocycles. The van der Waals surface area contributed by atoms with Crippen LogP contribution in [0.5, 0.6) is 0 Å². The van der Waals surface area contributed by atoms with Gasteiger partial charge in [-0.1, -0.05) is 29.3 Å². The van der Waals surface area contributed by atoms with Gasteiger partial charge >= 0.3 is 6.09 Å². The molecule has 5 heteroatoms. The number of halogens is 2. The maximum absolute atomic E-state index is 11.8. The zero-order valence-corrected chi connectivity index (χ0v) is 11.7. The number of amides is 1. The van der Waals surface area contributed by atoms with Crippen molar-refractivity contribution in [2.75, 3.05) is 6.61 Å². The van der Waals surface area contributed by atoms with Crippen LogP contribution in [0.25, 0.3) is 0 Å². The fourth-order valence-corrected chi connectivity index (χ4v) is 2.09. The van der Waals surface area contributed by atoms with Crippen molar-refractivity contribution in [1.29, 1.82) is 0 Å². The van der Waals surface area contributed by atoms with Crippen LogP contribution in [0.2, 0.25) is 10.0 Å². The molecule has 1 aliphatic carbocycles. The van der Waals surface area contributed by atoms with Crippen molar-refractivity contribution in [1.82, 2.24) is 4.90 Å². The van der Waals surface area contributed by atoms with Crippen LogP contribution in [0.15, 0.2) is 18.2 Å². The van der Waals surface area contributed by atoms with E-state index >= 15 is 0 Å². The summed E-state index contributed by atoms with van der Waals surface area (Å²) in [5.41, 5.74) is 0.962. The molecule has 0 bridgehead atoms. The van der Waals surface area contributed by atoms with Crippen molar-refractivity contribution in [3.8, 4) is 0 Å². The van der Waals surface area contributed by atoms with Crippen molar-refractivity contribution in [2.45, 2.75) is 32.4 Å². The number of hydrogen-bond acceptors (Lipinski definition) is 2.